The van der Waals surface area contributed by atoms with Crippen LogP contribution in [0.25, 0.3) is 0 Å². The predicted molar refractivity (Wildman–Crippen MR) is 88.0 cm³/mol. The first-order valence-corrected chi connectivity index (χ1v) is 7.47. The number of hydrogen-bond acceptors (Lipinski definition) is 5. The molecule has 3 heterocycles. The van der Waals surface area contributed by atoms with E-state index in [9.17, 15) is 0 Å². The molecule has 8 heteroatoms. The van der Waals surface area contributed by atoms with Crippen molar-refractivity contribution in [3.63, 3.8) is 0 Å². The number of rotatable bonds is 5. The fourth-order valence-electron chi connectivity index (χ4n) is 2.85. The molecule has 1 saturated heterocycles. The van der Waals surface area contributed by atoms with Gasteiger partial charge in [0.2, 0.25) is 0 Å². The van der Waals surface area contributed by atoms with Crippen LogP contribution in [0.2, 0.25) is 0 Å². The summed E-state index contributed by atoms with van der Waals surface area (Å²) in [6.07, 6.45) is 5.77. The summed E-state index contributed by atoms with van der Waals surface area (Å²) < 4.78 is 3.92. The van der Waals surface area contributed by atoms with E-state index >= 15 is 0 Å². The summed E-state index contributed by atoms with van der Waals surface area (Å²) in [6, 6.07) is 4.11. The number of nitriles is 1. The molecular weight excluding hydrogens is 297 g/mol. The van der Waals surface area contributed by atoms with E-state index in [1.807, 2.05) is 24.0 Å². The van der Waals surface area contributed by atoms with Crippen LogP contribution in [0.15, 0.2) is 24.7 Å². The van der Waals surface area contributed by atoms with Crippen LogP contribution in [-0.2, 0) is 5.54 Å². The van der Waals surface area contributed by atoms with Gasteiger partial charge < -0.3 is 10.3 Å². The lowest BCUT2D eigenvalue weighted by Gasteiger charge is -2.47. The minimum absolute atomic E-state index is 0.279. The first-order valence-electron chi connectivity index (χ1n) is 6.96. The van der Waals surface area contributed by atoms with Crippen LogP contribution in [0.3, 0.4) is 0 Å². The van der Waals surface area contributed by atoms with Crippen molar-refractivity contribution in [1.82, 2.24) is 19.4 Å². The van der Waals surface area contributed by atoms with Crippen molar-refractivity contribution in [3.8, 4) is 6.07 Å². The van der Waals surface area contributed by atoms with Gasteiger partial charge in [-0.2, -0.15) is 10.4 Å². The summed E-state index contributed by atoms with van der Waals surface area (Å²) in [4.78, 5) is 3.06. The molecule has 0 amide bonds. The van der Waals surface area contributed by atoms with Gasteiger partial charge in [0.25, 0.3) is 0 Å². The lowest BCUT2D eigenvalue weighted by Crippen LogP contribution is -2.58. The molecule has 0 spiro atoms. The average Bonchev–Trinajstić information content (AvgIpc) is 3.13. The topological polar surface area (TPSA) is 96.5 Å². The zero-order valence-corrected chi connectivity index (χ0v) is 13.5. The molecule has 1 unspecified atom stereocenters. The maximum Gasteiger partial charge on any atom is 0.112 e. The highest BCUT2D eigenvalue weighted by atomic mass is 31.0. The van der Waals surface area contributed by atoms with Crippen LogP contribution in [-0.4, -0.2) is 45.3 Å². The van der Waals surface area contributed by atoms with E-state index in [1.54, 1.807) is 12.4 Å². The normalized spacial score (nSPS) is 16.8. The van der Waals surface area contributed by atoms with Crippen molar-refractivity contribution in [2.45, 2.75) is 12.0 Å². The highest BCUT2D eigenvalue weighted by Gasteiger charge is 2.43. The maximum absolute atomic E-state index is 9.08. The highest BCUT2D eigenvalue weighted by Crippen LogP contribution is 2.34. The summed E-state index contributed by atoms with van der Waals surface area (Å²) in [5.74, 6) is 0.810. The van der Waals surface area contributed by atoms with E-state index in [4.69, 9.17) is 10.7 Å². The third-order valence-corrected chi connectivity index (χ3v) is 4.39. The van der Waals surface area contributed by atoms with Crippen molar-refractivity contribution in [2.75, 3.05) is 25.5 Å². The maximum atomic E-state index is 9.08. The summed E-state index contributed by atoms with van der Waals surface area (Å²) in [7, 11) is 4.46. The molecule has 2 aromatic rings. The van der Waals surface area contributed by atoms with E-state index in [1.165, 1.54) is 0 Å². The van der Waals surface area contributed by atoms with Gasteiger partial charge >= 0.3 is 0 Å². The van der Waals surface area contributed by atoms with Gasteiger partial charge in [-0.05, 0) is 6.07 Å². The lowest BCUT2D eigenvalue weighted by atomic mass is 9.89. The van der Waals surface area contributed by atoms with Crippen LogP contribution in [0.4, 0.5) is 5.82 Å². The van der Waals surface area contributed by atoms with E-state index in [0.29, 0.717) is 12.1 Å². The molecule has 1 aliphatic heterocycles. The molecule has 0 saturated carbocycles. The predicted octanol–water partition coefficient (Wildman–Crippen LogP) is 1.38. The Morgan fingerprint density at radius 1 is 1.64 bits per heavy atom. The number of hydrogen-bond donors (Lipinski definition) is 3. The Hall–Kier alpha value is -2.16. The third-order valence-electron chi connectivity index (χ3n) is 4.03. The van der Waals surface area contributed by atoms with Crippen molar-refractivity contribution in [2.24, 2.45) is 0 Å². The Balaban J connectivity index is 1.88. The molecule has 1 atom stereocenters. The second-order valence-corrected chi connectivity index (χ2v) is 6.26. The van der Waals surface area contributed by atoms with Crippen molar-refractivity contribution in [3.05, 3.63) is 35.8 Å². The Kier molecular flexibility index (Phi) is 3.73. The van der Waals surface area contributed by atoms with Gasteiger partial charge in [0.15, 0.2) is 0 Å². The monoisotopic (exact) mass is 315 g/mol. The highest BCUT2D eigenvalue weighted by molar-refractivity contribution is 7.13. The van der Waals surface area contributed by atoms with Crippen LogP contribution in [0.1, 0.15) is 17.5 Å². The summed E-state index contributed by atoms with van der Waals surface area (Å²) in [6.45, 7) is 1.54. The van der Waals surface area contributed by atoms with Crippen LogP contribution >= 0.6 is 9.39 Å². The zero-order chi connectivity index (χ0) is 15.7. The number of H-pyrrole nitrogens is 1. The Bertz CT molecular complexity index is 732. The minimum atomic E-state index is -0.279. The zero-order valence-electron chi connectivity index (χ0n) is 12.3. The minimum Gasteiger partial charge on any atom is -0.374 e. The van der Waals surface area contributed by atoms with Gasteiger partial charge in [-0.15, -0.1) is 0 Å². The number of aromatic amines is 1. The smallest absolute Gasteiger partial charge is 0.112 e. The first-order chi connectivity index (χ1) is 10.6. The SMILES string of the molecule is CNc1[nH]ccc1C(=N)c1cnn(C2(CC#N)CN(P)C2)c1. The molecule has 7 nitrogen and oxygen atoms in total. The standard InChI is InChI=1S/C14H18N7P/c1-17-13-11(2-5-18-13)12(16)10-6-19-21(7-10)14(3-4-15)8-20(22)9-14/h2,5-7,16-18H,3,8-9,22H2,1H3. The molecule has 3 rings (SSSR count). The van der Waals surface area contributed by atoms with E-state index in [0.717, 1.165) is 30.0 Å². The summed E-state index contributed by atoms with van der Waals surface area (Å²) >= 11 is 0. The molecule has 22 heavy (non-hydrogen) atoms. The lowest BCUT2D eigenvalue weighted by molar-refractivity contribution is 0.0801. The molecule has 1 aliphatic rings. The Morgan fingerprint density at radius 3 is 3.05 bits per heavy atom. The summed E-state index contributed by atoms with van der Waals surface area (Å²) in [5, 5.41) is 24.9. The molecule has 3 N–H and O–H groups in total. The first kappa shape index (κ1) is 14.8. The number of aromatic nitrogens is 3. The van der Waals surface area contributed by atoms with E-state index < -0.39 is 0 Å². The van der Waals surface area contributed by atoms with E-state index in [2.05, 4.69) is 35.5 Å². The Labute approximate surface area is 131 Å². The molecule has 0 aromatic carbocycles. The summed E-state index contributed by atoms with van der Waals surface area (Å²) in [5.41, 5.74) is 1.68. The van der Waals surface area contributed by atoms with Crippen LogP contribution in [0.5, 0.6) is 0 Å². The quantitative estimate of drug-likeness (QED) is 0.574. The molecule has 0 bridgehead atoms. The molecule has 2 aromatic heterocycles. The van der Waals surface area contributed by atoms with Crippen molar-refractivity contribution < 1.29 is 0 Å². The van der Waals surface area contributed by atoms with Crippen molar-refractivity contribution >= 4 is 20.9 Å². The number of nitrogens with zero attached hydrogens (tertiary/aromatic N) is 4. The van der Waals surface area contributed by atoms with Gasteiger partial charge in [0.1, 0.15) is 11.4 Å². The number of anilines is 1. The van der Waals surface area contributed by atoms with Crippen molar-refractivity contribution in [1.29, 1.82) is 10.7 Å². The van der Waals surface area contributed by atoms with Gasteiger partial charge in [0.05, 0.1) is 24.4 Å². The number of nitrogens with one attached hydrogen (secondary N) is 3. The van der Waals surface area contributed by atoms with Crippen LogP contribution in [0, 0.1) is 16.7 Å². The Morgan fingerprint density at radius 2 is 2.41 bits per heavy atom. The second-order valence-electron chi connectivity index (χ2n) is 5.53. The van der Waals surface area contributed by atoms with Gasteiger partial charge in [-0.25, -0.2) is 0 Å². The van der Waals surface area contributed by atoms with Crippen LogP contribution < -0.4 is 5.32 Å². The van der Waals surface area contributed by atoms with Gasteiger partial charge in [-0.1, -0.05) is 9.39 Å². The fraction of sp³-hybridized carbons (Fsp3) is 0.357. The average molecular weight is 315 g/mol. The fourth-order valence-corrected chi connectivity index (χ4v) is 3.53. The third kappa shape index (κ3) is 2.31. The van der Waals surface area contributed by atoms with Gasteiger partial charge in [0, 0.05) is 43.7 Å². The molecular formula is C14H18N7P. The second kappa shape index (κ2) is 5.56. The molecule has 0 aliphatic carbocycles. The molecule has 0 radical (unpaired) electrons. The largest absolute Gasteiger partial charge is 0.374 e. The molecule has 114 valence electrons. The van der Waals surface area contributed by atoms with Gasteiger partial charge in [-0.3, -0.25) is 14.8 Å². The van der Waals surface area contributed by atoms with E-state index in [-0.39, 0.29) is 5.54 Å². The molecule has 1 fully saturated rings.